The van der Waals surface area contributed by atoms with Crippen molar-refractivity contribution in [1.29, 1.82) is 0 Å². The van der Waals surface area contributed by atoms with Crippen molar-refractivity contribution in [3.63, 3.8) is 0 Å². The molecule has 2 rings (SSSR count). The number of hydrogen-bond donors (Lipinski definition) is 1. The van der Waals surface area contributed by atoms with Crippen LogP contribution in [-0.2, 0) is 0 Å². The molecule has 0 aromatic heterocycles. The molecule has 0 saturated heterocycles. The van der Waals surface area contributed by atoms with Crippen molar-refractivity contribution in [2.75, 3.05) is 28.4 Å². The molecule has 4 heteroatoms. The SMILES string of the molecule is CNC(c1cccc(OC)c1)c1cc(OC)cc(OC)c1. The van der Waals surface area contributed by atoms with Gasteiger partial charge in [0.2, 0.25) is 0 Å². The quantitative estimate of drug-likeness (QED) is 0.886. The lowest BCUT2D eigenvalue weighted by Crippen LogP contribution is -2.17. The number of methoxy groups -OCH3 is 3. The molecule has 112 valence electrons. The van der Waals surface area contributed by atoms with E-state index in [4.69, 9.17) is 14.2 Å². The standard InChI is InChI=1S/C17H21NO3/c1-18-17(12-6-5-7-14(8-12)19-2)13-9-15(20-3)11-16(10-13)21-4/h5-11,17-18H,1-4H3. The van der Waals surface area contributed by atoms with Gasteiger partial charge < -0.3 is 19.5 Å². The lowest BCUT2D eigenvalue weighted by atomic mass is 9.98. The summed E-state index contributed by atoms with van der Waals surface area (Å²) >= 11 is 0. The molecule has 21 heavy (non-hydrogen) atoms. The second-order valence-corrected chi connectivity index (χ2v) is 4.64. The zero-order valence-corrected chi connectivity index (χ0v) is 12.8. The molecule has 0 amide bonds. The van der Waals surface area contributed by atoms with Crippen LogP contribution in [0.15, 0.2) is 42.5 Å². The largest absolute Gasteiger partial charge is 0.497 e. The Morgan fingerprint density at radius 1 is 0.762 bits per heavy atom. The zero-order valence-electron chi connectivity index (χ0n) is 12.8. The molecular weight excluding hydrogens is 266 g/mol. The van der Waals surface area contributed by atoms with Gasteiger partial charge in [0.1, 0.15) is 17.2 Å². The van der Waals surface area contributed by atoms with Crippen LogP contribution in [0, 0.1) is 0 Å². The Morgan fingerprint density at radius 3 is 1.86 bits per heavy atom. The second kappa shape index (κ2) is 6.99. The van der Waals surface area contributed by atoms with E-state index in [1.807, 2.05) is 43.4 Å². The van der Waals surface area contributed by atoms with Crippen molar-refractivity contribution in [2.24, 2.45) is 0 Å². The molecule has 0 bridgehead atoms. The summed E-state index contributed by atoms with van der Waals surface area (Å²) in [5, 5.41) is 3.32. The predicted molar refractivity (Wildman–Crippen MR) is 83.4 cm³/mol. The van der Waals surface area contributed by atoms with Crippen molar-refractivity contribution in [2.45, 2.75) is 6.04 Å². The molecule has 1 unspecified atom stereocenters. The molecule has 0 aliphatic carbocycles. The summed E-state index contributed by atoms with van der Waals surface area (Å²) in [6.07, 6.45) is 0. The minimum Gasteiger partial charge on any atom is -0.497 e. The maximum atomic E-state index is 5.34. The van der Waals surface area contributed by atoms with E-state index in [0.29, 0.717) is 0 Å². The Labute approximate surface area is 125 Å². The summed E-state index contributed by atoms with van der Waals surface area (Å²) in [6, 6.07) is 13.9. The van der Waals surface area contributed by atoms with Gasteiger partial charge in [0.25, 0.3) is 0 Å². The van der Waals surface area contributed by atoms with Crippen LogP contribution in [0.4, 0.5) is 0 Å². The topological polar surface area (TPSA) is 39.7 Å². The van der Waals surface area contributed by atoms with Gasteiger partial charge in [-0.2, -0.15) is 0 Å². The van der Waals surface area contributed by atoms with Crippen LogP contribution >= 0.6 is 0 Å². The van der Waals surface area contributed by atoms with Gasteiger partial charge in [-0.1, -0.05) is 12.1 Å². The first-order valence-corrected chi connectivity index (χ1v) is 6.76. The van der Waals surface area contributed by atoms with Gasteiger partial charge in [-0.15, -0.1) is 0 Å². The first kappa shape index (κ1) is 15.2. The summed E-state index contributed by atoms with van der Waals surface area (Å²) in [7, 11) is 6.90. The average molecular weight is 287 g/mol. The average Bonchev–Trinajstić information content (AvgIpc) is 2.55. The third-order valence-electron chi connectivity index (χ3n) is 3.42. The molecule has 0 aliphatic rings. The van der Waals surface area contributed by atoms with Crippen molar-refractivity contribution < 1.29 is 14.2 Å². The predicted octanol–water partition coefficient (Wildman–Crippen LogP) is 3.02. The van der Waals surface area contributed by atoms with Gasteiger partial charge in [0, 0.05) is 6.07 Å². The first-order chi connectivity index (χ1) is 10.2. The van der Waals surface area contributed by atoms with Crippen LogP contribution in [-0.4, -0.2) is 28.4 Å². The molecule has 0 heterocycles. The summed E-state index contributed by atoms with van der Waals surface area (Å²) in [6.45, 7) is 0. The van der Waals surface area contributed by atoms with E-state index in [1.165, 1.54) is 0 Å². The van der Waals surface area contributed by atoms with Gasteiger partial charge in [-0.3, -0.25) is 0 Å². The molecule has 2 aromatic carbocycles. The van der Waals surface area contributed by atoms with Gasteiger partial charge in [-0.05, 0) is 42.4 Å². The highest BCUT2D eigenvalue weighted by Crippen LogP contribution is 2.31. The highest BCUT2D eigenvalue weighted by molar-refractivity contribution is 5.44. The maximum absolute atomic E-state index is 5.34. The van der Waals surface area contributed by atoms with Crippen LogP contribution in [0.5, 0.6) is 17.2 Å². The van der Waals surface area contributed by atoms with E-state index in [1.54, 1.807) is 21.3 Å². The Hall–Kier alpha value is -2.20. The highest BCUT2D eigenvalue weighted by atomic mass is 16.5. The van der Waals surface area contributed by atoms with Gasteiger partial charge in [0.05, 0.1) is 27.4 Å². The molecule has 0 spiro atoms. The van der Waals surface area contributed by atoms with Crippen molar-refractivity contribution in [3.05, 3.63) is 53.6 Å². The van der Waals surface area contributed by atoms with Crippen LogP contribution in [0.1, 0.15) is 17.2 Å². The maximum Gasteiger partial charge on any atom is 0.122 e. The molecule has 2 aromatic rings. The Balaban J connectivity index is 2.44. The molecule has 0 saturated carbocycles. The van der Waals surface area contributed by atoms with Gasteiger partial charge >= 0.3 is 0 Å². The molecule has 1 N–H and O–H groups in total. The van der Waals surface area contributed by atoms with Crippen molar-refractivity contribution >= 4 is 0 Å². The normalized spacial score (nSPS) is 11.8. The number of rotatable bonds is 6. The van der Waals surface area contributed by atoms with Gasteiger partial charge in [0.15, 0.2) is 0 Å². The second-order valence-electron chi connectivity index (χ2n) is 4.64. The zero-order chi connectivity index (χ0) is 15.2. The summed E-state index contributed by atoms with van der Waals surface area (Å²) in [4.78, 5) is 0. The fraction of sp³-hybridized carbons (Fsp3) is 0.294. The van der Waals surface area contributed by atoms with Crippen molar-refractivity contribution in [3.8, 4) is 17.2 Å². The lowest BCUT2D eigenvalue weighted by molar-refractivity contribution is 0.392. The van der Waals surface area contributed by atoms with Gasteiger partial charge in [-0.25, -0.2) is 0 Å². The summed E-state index contributed by atoms with van der Waals surface area (Å²) < 4.78 is 16.0. The van der Waals surface area contributed by atoms with E-state index in [-0.39, 0.29) is 6.04 Å². The van der Waals surface area contributed by atoms with E-state index in [9.17, 15) is 0 Å². The minimum atomic E-state index is 0.0316. The van der Waals surface area contributed by atoms with E-state index in [0.717, 1.165) is 28.4 Å². The first-order valence-electron chi connectivity index (χ1n) is 6.76. The summed E-state index contributed by atoms with van der Waals surface area (Å²) in [5.41, 5.74) is 2.19. The van der Waals surface area contributed by atoms with E-state index in [2.05, 4.69) is 11.4 Å². The van der Waals surface area contributed by atoms with Crippen LogP contribution in [0.2, 0.25) is 0 Å². The smallest absolute Gasteiger partial charge is 0.122 e. The molecule has 1 atom stereocenters. The van der Waals surface area contributed by atoms with Crippen LogP contribution < -0.4 is 19.5 Å². The molecule has 4 nitrogen and oxygen atoms in total. The third-order valence-corrected chi connectivity index (χ3v) is 3.42. The number of hydrogen-bond acceptors (Lipinski definition) is 4. The molecule has 0 fully saturated rings. The number of ether oxygens (including phenoxy) is 3. The molecule has 0 radical (unpaired) electrons. The Bertz CT molecular complexity index is 576. The molecule has 0 aliphatic heterocycles. The van der Waals surface area contributed by atoms with Crippen LogP contribution in [0.25, 0.3) is 0 Å². The monoisotopic (exact) mass is 287 g/mol. The molecular formula is C17H21NO3. The summed E-state index contributed by atoms with van der Waals surface area (Å²) in [5.74, 6) is 2.38. The fourth-order valence-corrected chi connectivity index (χ4v) is 2.34. The lowest BCUT2D eigenvalue weighted by Gasteiger charge is -2.19. The van der Waals surface area contributed by atoms with Crippen LogP contribution in [0.3, 0.4) is 0 Å². The van der Waals surface area contributed by atoms with E-state index < -0.39 is 0 Å². The Kier molecular flexibility index (Phi) is 5.06. The third kappa shape index (κ3) is 3.47. The van der Waals surface area contributed by atoms with E-state index >= 15 is 0 Å². The highest BCUT2D eigenvalue weighted by Gasteiger charge is 2.15. The minimum absolute atomic E-state index is 0.0316. The number of benzene rings is 2. The number of nitrogens with one attached hydrogen (secondary N) is 1. The Morgan fingerprint density at radius 2 is 1.33 bits per heavy atom. The fourth-order valence-electron chi connectivity index (χ4n) is 2.34. The van der Waals surface area contributed by atoms with Crippen molar-refractivity contribution in [1.82, 2.24) is 5.32 Å².